The number of aryl methyl sites for hydroxylation is 24. The van der Waals surface area contributed by atoms with Gasteiger partial charge in [-0.2, -0.15) is 0 Å². The van der Waals surface area contributed by atoms with Crippen LogP contribution < -0.4 is 23.7 Å². The molecular formula is C118H126O8S. The van der Waals surface area contributed by atoms with Gasteiger partial charge >= 0.3 is 0 Å². The Morgan fingerprint density at radius 1 is 0.189 bits per heavy atom. The van der Waals surface area contributed by atoms with Crippen LogP contribution in [-0.2, 0) is 15.3 Å². The fraction of sp³-hybridized carbons (Fsp3) is 0.229. The van der Waals surface area contributed by atoms with Gasteiger partial charge < -0.3 is 23.7 Å². The molecule has 8 nitrogen and oxygen atoms in total. The number of ketones is 1. The van der Waals surface area contributed by atoms with E-state index in [1.807, 2.05) is 175 Å². The lowest BCUT2D eigenvalue weighted by atomic mass is 9.78. The summed E-state index contributed by atoms with van der Waals surface area (Å²) in [5.41, 5.74) is 35.9. The zero-order valence-electron chi connectivity index (χ0n) is 79.4. The van der Waals surface area contributed by atoms with Crippen LogP contribution in [0.4, 0.5) is 0 Å². The number of hydrogen-bond donors (Lipinski definition) is 0. The molecule has 0 bridgehead atoms. The summed E-state index contributed by atoms with van der Waals surface area (Å²) < 4.78 is 54.9. The van der Waals surface area contributed by atoms with Gasteiger partial charge in [-0.05, 0) is 480 Å². The van der Waals surface area contributed by atoms with Crippen LogP contribution in [0.3, 0.4) is 0 Å². The molecule has 15 aromatic carbocycles. The normalized spacial score (nSPS) is 10.9. The van der Waals surface area contributed by atoms with Crippen LogP contribution in [0, 0.1) is 166 Å². The molecule has 9 heteroatoms. The van der Waals surface area contributed by atoms with Crippen molar-refractivity contribution in [1.29, 1.82) is 0 Å². The summed E-state index contributed by atoms with van der Waals surface area (Å²) in [4.78, 5) is 13.1. The van der Waals surface area contributed by atoms with Crippen LogP contribution in [0.1, 0.15) is 174 Å². The molecule has 127 heavy (non-hydrogen) atoms. The minimum absolute atomic E-state index is 0.0983. The van der Waals surface area contributed by atoms with E-state index < -0.39 is 9.84 Å². The Labute approximate surface area is 758 Å². The van der Waals surface area contributed by atoms with E-state index in [1.54, 1.807) is 24.3 Å². The van der Waals surface area contributed by atoms with Gasteiger partial charge in [0, 0.05) is 16.5 Å². The third-order valence-electron chi connectivity index (χ3n) is 24.5. The van der Waals surface area contributed by atoms with E-state index in [4.69, 9.17) is 23.7 Å². The van der Waals surface area contributed by atoms with Crippen LogP contribution in [0.2, 0.25) is 0 Å². The highest BCUT2D eigenvalue weighted by Crippen LogP contribution is 2.38. The summed E-state index contributed by atoms with van der Waals surface area (Å²) in [7, 11) is -3.42. The number of carbonyl (C=O) groups excluding carboxylic acids is 1. The lowest BCUT2D eigenvalue weighted by molar-refractivity contribution is 0.103. The van der Waals surface area contributed by atoms with Gasteiger partial charge in [-0.15, -0.1) is 0 Å². The van der Waals surface area contributed by atoms with E-state index in [0.717, 1.165) is 102 Å². The average Bonchev–Trinajstić information content (AvgIpc) is 0.796. The Kier molecular flexibility index (Phi) is 32.7. The zero-order valence-corrected chi connectivity index (χ0v) is 80.2. The fourth-order valence-electron chi connectivity index (χ4n) is 13.6. The first-order valence-electron chi connectivity index (χ1n) is 43.6. The third-order valence-corrected chi connectivity index (χ3v) is 26.2. The van der Waals surface area contributed by atoms with E-state index in [1.165, 1.54) is 122 Å². The second-order valence-electron chi connectivity index (χ2n) is 34.7. The highest BCUT2D eigenvalue weighted by atomic mass is 32.2. The summed E-state index contributed by atoms with van der Waals surface area (Å²) in [6.45, 7) is 54.3. The molecule has 0 fully saturated rings. The van der Waals surface area contributed by atoms with Crippen LogP contribution >= 0.6 is 0 Å². The zero-order chi connectivity index (χ0) is 92.3. The van der Waals surface area contributed by atoms with Crippen LogP contribution in [0.15, 0.2) is 301 Å². The molecule has 652 valence electrons. The van der Waals surface area contributed by atoms with Gasteiger partial charge in [-0.1, -0.05) is 147 Å². The maximum atomic E-state index is 12.6. The molecule has 0 atom stereocenters. The van der Waals surface area contributed by atoms with Gasteiger partial charge in [0.15, 0.2) is 5.78 Å². The van der Waals surface area contributed by atoms with Crippen LogP contribution in [0.25, 0.3) is 11.1 Å². The first kappa shape index (κ1) is 96.1. The molecule has 0 aliphatic carbocycles. The highest BCUT2D eigenvalue weighted by Gasteiger charge is 2.24. The van der Waals surface area contributed by atoms with Gasteiger partial charge in [0.25, 0.3) is 0 Å². The Balaban J connectivity index is 0.000000162. The first-order valence-corrected chi connectivity index (χ1v) is 45.0. The van der Waals surface area contributed by atoms with Crippen molar-refractivity contribution in [3.8, 4) is 68.6 Å². The lowest BCUT2D eigenvalue weighted by Crippen LogP contribution is -2.18. The largest absolute Gasteiger partial charge is 0.457 e. The minimum atomic E-state index is -3.42. The third kappa shape index (κ3) is 26.5. The van der Waals surface area contributed by atoms with E-state index in [2.05, 4.69) is 272 Å². The van der Waals surface area contributed by atoms with Gasteiger partial charge in [0.1, 0.15) is 57.5 Å². The molecule has 0 saturated heterocycles. The molecule has 15 aromatic rings. The van der Waals surface area contributed by atoms with Crippen molar-refractivity contribution in [1.82, 2.24) is 0 Å². The van der Waals surface area contributed by atoms with Gasteiger partial charge in [0.2, 0.25) is 9.84 Å². The van der Waals surface area contributed by atoms with Crippen molar-refractivity contribution in [2.75, 3.05) is 0 Å². The Bertz CT molecular complexity index is 6120. The number of carbonyl (C=O) groups is 1. The van der Waals surface area contributed by atoms with E-state index in [-0.39, 0.29) is 11.2 Å². The number of sulfone groups is 1. The summed E-state index contributed by atoms with van der Waals surface area (Å²) >= 11 is 0. The predicted molar refractivity (Wildman–Crippen MR) is 531 cm³/mol. The Hall–Kier alpha value is -13.1. The van der Waals surface area contributed by atoms with E-state index >= 15 is 0 Å². The first-order chi connectivity index (χ1) is 60.2. The van der Waals surface area contributed by atoms with Crippen molar-refractivity contribution in [2.45, 2.75) is 195 Å². The van der Waals surface area contributed by atoms with Gasteiger partial charge in [-0.25, -0.2) is 8.42 Å². The Morgan fingerprint density at radius 2 is 0.362 bits per heavy atom. The summed E-state index contributed by atoms with van der Waals surface area (Å²) in [6, 6.07) is 97.0. The van der Waals surface area contributed by atoms with Gasteiger partial charge in [-0.3, -0.25) is 4.79 Å². The SMILES string of the molecule is Cc1ccc(-c2ccc(C)c(C)c2)cc1C.Cc1ccc(C(=O)c2ccc(C)c(C)c2)cc1C.Cc1ccc(Oc2ccc(C(C)(C)c3ccc(Oc4ccc(C)c(C)c4)cc3)cc2)cc1C.Cc1ccc(Oc2ccc(C)c(C)c2)cc1C.Cc1ccc(Oc2ccc(Oc3ccc(C)c(C)c3)cc2)cc1C.Cc1ccc(S(=O)(=O)c2ccc(C)c(C)c2)cc1C. The molecule has 0 aliphatic heterocycles. The lowest BCUT2D eigenvalue weighted by Gasteiger charge is -2.26. The van der Waals surface area contributed by atoms with Crippen LogP contribution in [-0.4, -0.2) is 14.2 Å². The number of benzene rings is 15. The maximum Gasteiger partial charge on any atom is 0.206 e. The predicted octanol–water partition coefficient (Wildman–Crippen LogP) is 32.5. The molecule has 0 aromatic heterocycles. The molecule has 15 rings (SSSR count). The van der Waals surface area contributed by atoms with Crippen molar-refractivity contribution >= 4 is 15.6 Å². The summed E-state index contributed by atoms with van der Waals surface area (Å²) in [6.07, 6.45) is 0. The van der Waals surface area contributed by atoms with Crippen molar-refractivity contribution in [3.05, 3.63) is 447 Å². The number of rotatable bonds is 17. The second-order valence-corrected chi connectivity index (χ2v) is 36.6. The molecule has 0 aliphatic rings. The molecule has 0 amide bonds. The molecule has 0 heterocycles. The molecule has 0 radical (unpaired) electrons. The maximum absolute atomic E-state index is 12.6. The standard InChI is InChI=1S/C31H32O2.C22H22O2.C17H18O.C16H18O2S.C16H18O.C16H18/c1-21-7-13-29(19-23(21)3)32-27-15-9-25(10-16-27)31(5,6)26-11-17-28(18-12-26)33-30-14-8-22(2)24(4)20-30;1-15-5-7-21(13-17(15)3)23-19-9-11-20(12-10-19)24-22-8-6-16(2)18(4)14-22;1-11-5-7-15(9-13(11)3)17(18)16-8-6-12(2)14(4)10-16;1-11-5-7-15(9-13(11)3)19(17,18)16-8-6-12(2)14(4)10-16;1-11-5-7-15(9-13(11)3)17-16-8-6-12(2)14(4)10-16;1-11-5-7-15(9-13(11)3)16-8-6-12(2)14(4)10-16/h7-20H,1-6H3;5-14H,1-4H3;5-10H,1-4H3;5-10H,1-4H3;5-10H,1-4H3;5-10H,1-4H3. The smallest absolute Gasteiger partial charge is 0.206 e. The molecular weight excluding hydrogens is 1580 g/mol. The van der Waals surface area contributed by atoms with E-state index in [0.29, 0.717) is 9.79 Å². The number of ether oxygens (including phenoxy) is 5. The monoisotopic (exact) mass is 1700 g/mol. The fourth-order valence-corrected chi connectivity index (χ4v) is 15.1. The number of hydrogen-bond acceptors (Lipinski definition) is 8. The quantitative estimate of drug-likeness (QED) is 0.0832. The van der Waals surface area contributed by atoms with Gasteiger partial charge in [0.05, 0.1) is 9.79 Å². The van der Waals surface area contributed by atoms with Crippen molar-refractivity contribution in [2.24, 2.45) is 0 Å². The molecule has 0 saturated carbocycles. The van der Waals surface area contributed by atoms with Crippen molar-refractivity contribution < 1.29 is 36.9 Å². The molecule has 0 unspecified atom stereocenters. The Morgan fingerprint density at radius 3 is 0.575 bits per heavy atom. The minimum Gasteiger partial charge on any atom is -0.457 e. The van der Waals surface area contributed by atoms with E-state index in [9.17, 15) is 13.2 Å². The van der Waals surface area contributed by atoms with Crippen LogP contribution in [0.5, 0.6) is 57.5 Å². The second kappa shape index (κ2) is 43.2. The summed E-state index contributed by atoms with van der Waals surface area (Å²) in [5, 5.41) is 0. The summed E-state index contributed by atoms with van der Waals surface area (Å²) in [5.74, 6) is 8.60. The molecule has 0 N–H and O–H groups in total. The average molecular weight is 1700 g/mol. The highest BCUT2D eigenvalue weighted by molar-refractivity contribution is 7.91. The topological polar surface area (TPSA) is 97.4 Å². The molecule has 0 spiro atoms. The van der Waals surface area contributed by atoms with Crippen molar-refractivity contribution in [3.63, 3.8) is 0 Å².